The van der Waals surface area contributed by atoms with E-state index in [4.69, 9.17) is 4.52 Å². The van der Waals surface area contributed by atoms with Gasteiger partial charge in [-0.05, 0) is 11.0 Å². The second-order valence-corrected chi connectivity index (χ2v) is 8.89. The van der Waals surface area contributed by atoms with Crippen LogP contribution in [0, 0.1) is 0 Å². The fourth-order valence-electron chi connectivity index (χ4n) is 2.94. The highest BCUT2D eigenvalue weighted by molar-refractivity contribution is 7.98. The molecule has 0 amide bonds. The van der Waals surface area contributed by atoms with Crippen LogP contribution in [0.25, 0.3) is 22.6 Å². The summed E-state index contributed by atoms with van der Waals surface area (Å²) >= 11 is 1.35. The lowest BCUT2D eigenvalue weighted by Crippen LogP contribution is -2.10. The number of nitrogens with one attached hydrogen (secondary N) is 1. The maximum absolute atomic E-state index is 12.0. The molecule has 1 N–H and O–H groups in total. The zero-order valence-electron chi connectivity index (χ0n) is 17.0. The fraction of sp³-hybridized carbons (Fsp3) is 0.217. The Hall–Kier alpha value is -3.19. The van der Waals surface area contributed by atoms with Crippen molar-refractivity contribution in [3.8, 4) is 22.6 Å². The Labute approximate surface area is 178 Å². The van der Waals surface area contributed by atoms with E-state index >= 15 is 0 Å². The maximum Gasteiger partial charge on any atom is 0.252 e. The number of thioether (sulfide) groups is 1. The molecule has 0 aliphatic rings. The molecule has 0 spiro atoms. The highest BCUT2D eigenvalue weighted by atomic mass is 32.2. The van der Waals surface area contributed by atoms with Crippen LogP contribution in [-0.4, -0.2) is 20.1 Å². The third-order valence-corrected chi connectivity index (χ3v) is 5.46. The lowest BCUT2D eigenvalue weighted by atomic mass is 9.87. The maximum atomic E-state index is 12.0. The zero-order chi connectivity index (χ0) is 21.1. The third-order valence-electron chi connectivity index (χ3n) is 4.60. The molecule has 2 aromatic heterocycles. The van der Waals surface area contributed by atoms with Crippen LogP contribution < -0.4 is 5.56 Å². The fourth-order valence-corrected chi connectivity index (χ4v) is 3.65. The summed E-state index contributed by atoms with van der Waals surface area (Å²) in [6.07, 6.45) is 0. The van der Waals surface area contributed by atoms with Gasteiger partial charge in [-0.2, -0.15) is 4.98 Å². The second-order valence-electron chi connectivity index (χ2n) is 7.93. The average Bonchev–Trinajstić information content (AvgIpc) is 3.21. The number of hydrogen-bond donors (Lipinski definition) is 1. The lowest BCUT2D eigenvalue weighted by molar-refractivity contribution is 0.391. The summed E-state index contributed by atoms with van der Waals surface area (Å²) < 4.78 is 5.38. The number of nitrogens with zero attached hydrogens (tertiary/aromatic N) is 3. The number of benzene rings is 2. The van der Waals surface area contributed by atoms with E-state index < -0.39 is 0 Å². The first-order chi connectivity index (χ1) is 14.4. The van der Waals surface area contributed by atoms with E-state index in [1.54, 1.807) is 0 Å². The van der Waals surface area contributed by atoms with Gasteiger partial charge in [-0.25, -0.2) is 4.98 Å². The van der Waals surface area contributed by atoms with Crippen LogP contribution in [0.2, 0.25) is 0 Å². The lowest BCUT2D eigenvalue weighted by Gasteiger charge is -2.18. The van der Waals surface area contributed by atoms with Gasteiger partial charge in [-0.1, -0.05) is 92.3 Å². The topological polar surface area (TPSA) is 84.7 Å². The van der Waals surface area contributed by atoms with Crippen molar-refractivity contribution >= 4 is 11.8 Å². The van der Waals surface area contributed by atoms with E-state index in [1.807, 2.05) is 42.5 Å². The smallest absolute Gasteiger partial charge is 0.252 e. The van der Waals surface area contributed by atoms with Crippen LogP contribution in [0.5, 0.6) is 0 Å². The van der Waals surface area contributed by atoms with Gasteiger partial charge < -0.3 is 9.51 Å². The minimum atomic E-state index is -0.198. The van der Waals surface area contributed by atoms with Crippen molar-refractivity contribution in [1.29, 1.82) is 0 Å². The highest BCUT2D eigenvalue weighted by Gasteiger charge is 2.15. The molecule has 152 valence electrons. The molecule has 0 saturated carbocycles. The van der Waals surface area contributed by atoms with Crippen molar-refractivity contribution in [1.82, 2.24) is 20.1 Å². The summed E-state index contributed by atoms with van der Waals surface area (Å²) in [5, 5.41) is 4.59. The van der Waals surface area contributed by atoms with Gasteiger partial charge in [0.25, 0.3) is 5.56 Å². The SMILES string of the molecule is CC(C)(C)c1ccc(-c2noc(CSc3nc(-c4ccccc4)cc(=O)[nH]3)n2)cc1. The van der Waals surface area contributed by atoms with Gasteiger partial charge in [0.15, 0.2) is 5.16 Å². The minimum absolute atomic E-state index is 0.0930. The number of hydrogen-bond acceptors (Lipinski definition) is 6. The highest BCUT2D eigenvalue weighted by Crippen LogP contribution is 2.26. The molecule has 30 heavy (non-hydrogen) atoms. The van der Waals surface area contributed by atoms with E-state index in [-0.39, 0.29) is 11.0 Å². The average molecular weight is 419 g/mol. The summed E-state index contributed by atoms with van der Waals surface area (Å²) in [6.45, 7) is 6.53. The first kappa shape index (κ1) is 20.1. The van der Waals surface area contributed by atoms with E-state index in [9.17, 15) is 4.79 Å². The van der Waals surface area contributed by atoms with Gasteiger partial charge in [0.2, 0.25) is 11.7 Å². The Balaban J connectivity index is 1.47. The standard InChI is InChI=1S/C23H22N4O2S/c1-23(2,3)17-11-9-16(10-12-17)21-26-20(29-27-21)14-30-22-24-18(13-19(28)25-22)15-7-5-4-6-8-15/h4-13H,14H2,1-3H3,(H,24,25,28). The summed E-state index contributed by atoms with van der Waals surface area (Å²) in [5.41, 5.74) is 3.57. The molecule has 0 saturated heterocycles. The number of aromatic nitrogens is 4. The molecular weight excluding hydrogens is 396 g/mol. The van der Waals surface area contributed by atoms with Gasteiger partial charge in [-0.3, -0.25) is 4.79 Å². The van der Waals surface area contributed by atoms with E-state index in [0.29, 0.717) is 28.3 Å². The molecular formula is C23H22N4O2S. The number of rotatable bonds is 5. The second kappa shape index (κ2) is 8.28. The molecule has 0 radical (unpaired) electrons. The van der Waals surface area contributed by atoms with Crippen LogP contribution in [0.1, 0.15) is 32.2 Å². The van der Waals surface area contributed by atoms with Crippen LogP contribution in [0.4, 0.5) is 0 Å². The number of aromatic amines is 1. The van der Waals surface area contributed by atoms with Crippen LogP contribution in [0.3, 0.4) is 0 Å². The Morgan fingerprint density at radius 1 is 0.967 bits per heavy atom. The van der Waals surface area contributed by atoms with Crippen molar-refractivity contribution in [3.05, 3.63) is 82.5 Å². The molecule has 0 bridgehead atoms. The van der Waals surface area contributed by atoms with E-state index in [0.717, 1.165) is 11.1 Å². The molecule has 0 aliphatic carbocycles. The van der Waals surface area contributed by atoms with E-state index in [2.05, 4.69) is 53.0 Å². The predicted molar refractivity (Wildman–Crippen MR) is 118 cm³/mol. The number of H-pyrrole nitrogens is 1. The third kappa shape index (κ3) is 4.68. The Bertz CT molecular complexity index is 1190. The molecule has 0 fully saturated rings. The van der Waals surface area contributed by atoms with Crippen LogP contribution >= 0.6 is 11.8 Å². The van der Waals surface area contributed by atoms with Crippen LogP contribution in [0.15, 0.2) is 75.1 Å². The Morgan fingerprint density at radius 2 is 1.70 bits per heavy atom. The van der Waals surface area contributed by atoms with Crippen molar-refractivity contribution in [2.75, 3.05) is 0 Å². The normalized spacial score (nSPS) is 11.6. The largest absolute Gasteiger partial charge is 0.338 e. The molecule has 7 heteroatoms. The zero-order valence-corrected chi connectivity index (χ0v) is 17.9. The van der Waals surface area contributed by atoms with Gasteiger partial charge >= 0.3 is 0 Å². The molecule has 6 nitrogen and oxygen atoms in total. The van der Waals surface area contributed by atoms with E-state index in [1.165, 1.54) is 23.4 Å². The summed E-state index contributed by atoms with van der Waals surface area (Å²) in [6, 6.07) is 19.3. The van der Waals surface area contributed by atoms with Gasteiger partial charge in [0.1, 0.15) is 0 Å². The summed E-state index contributed by atoms with van der Waals surface area (Å²) in [4.78, 5) is 23.8. The Kier molecular flexibility index (Phi) is 5.55. The monoisotopic (exact) mass is 418 g/mol. The molecule has 4 rings (SSSR count). The molecule has 0 atom stereocenters. The van der Waals surface area contributed by atoms with Crippen LogP contribution in [-0.2, 0) is 11.2 Å². The molecule has 4 aromatic rings. The first-order valence-corrected chi connectivity index (χ1v) is 10.6. The van der Waals surface area contributed by atoms with Gasteiger partial charge in [0, 0.05) is 17.2 Å². The predicted octanol–water partition coefficient (Wildman–Crippen LogP) is 5.08. The minimum Gasteiger partial charge on any atom is -0.338 e. The molecule has 0 unspecified atom stereocenters. The van der Waals surface area contributed by atoms with Gasteiger partial charge in [0.05, 0.1) is 11.4 Å². The molecule has 2 aromatic carbocycles. The van der Waals surface area contributed by atoms with Crippen molar-refractivity contribution in [2.45, 2.75) is 37.1 Å². The Morgan fingerprint density at radius 3 is 2.40 bits per heavy atom. The van der Waals surface area contributed by atoms with Gasteiger partial charge in [-0.15, -0.1) is 0 Å². The van der Waals surface area contributed by atoms with Crippen molar-refractivity contribution in [3.63, 3.8) is 0 Å². The molecule has 0 aliphatic heterocycles. The van der Waals surface area contributed by atoms with Crippen molar-refractivity contribution < 1.29 is 4.52 Å². The summed E-state index contributed by atoms with van der Waals surface area (Å²) in [7, 11) is 0. The molecule has 2 heterocycles. The quantitative estimate of drug-likeness (QED) is 0.359. The first-order valence-electron chi connectivity index (χ1n) is 9.61. The van der Waals surface area contributed by atoms with Crippen molar-refractivity contribution in [2.24, 2.45) is 0 Å². The summed E-state index contributed by atoms with van der Waals surface area (Å²) in [5.74, 6) is 1.43.